The summed E-state index contributed by atoms with van der Waals surface area (Å²) in [6.45, 7) is 11.4. The molecule has 0 saturated carbocycles. The van der Waals surface area contributed by atoms with E-state index >= 15 is 0 Å². The minimum Gasteiger partial charge on any atom is -0.466 e. The van der Waals surface area contributed by atoms with Crippen LogP contribution in [0.2, 0.25) is 0 Å². The second kappa shape index (κ2) is 9.41. The fourth-order valence-electron chi connectivity index (χ4n) is 4.28. The summed E-state index contributed by atoms with van der Waals surface area (Å²) < 4.78 is 5.12. The molecule has 0 radical (unpaired) electrons. The Labute approximate surface area is 168 Å². The highest BCUT2D eigenvalue weighted by Gasteiger charge is 2.33. The van der Waals surface area contributed by atoms with E-state index in [1.165, 1.54) is 11.3 Å². The summed E-state index contributed by atoms with van der Waals surface area (Å²) in [5.41, 5.74) is 2.59. The predicted molar refractivity (Wildman–Crippen MR) is 110 cm³/mol. The van der Waals surface area contributed by atoms with Crippen LogP contribution in [-0.4, -0.2) is 73.6 Å². The Balaban J connectivity index is 1.49. The molecule has 2 aliphatic rings. The molecule has 0 spiro atoms. The number of likely N-dealkylation sites (tertiary alicyclic amines) is 1. The lowest BCUT2D eigenvalue weighted by Crippen LogP contribution is -2.55. The number of piperidine rings is 1. The van der Waals surface area contributed by atoms with Crippen LogP contribution in [0.1, 0.15) is 32.3 Å². The third kappa shape index (κ3) is 4.66. The number of hydrogen-bond acceptors (Lipinski definition) is 5. The lowest BCUT2D eigenvalue weighted by molar-refractivity contribution is -0.152. The van der Waals surface area contributed by atoms with Crippen LogP contribution in [0.4, 0.5) is 5.69 Å². The number of ether oxygens (including phenoxy) is 1. The molecule has 2 saturated heterocycles. The van der Waals surface area contributed by atoms with Gasteiger partial charge in [0.15, 0.2) is 0 Å². The Hall–Kier alpha value is -2.08. The molecule has 6 nitrogen and oxygen atoms in total. The van der Waals surface area contributed by atoms with Crippen molar-refractivity contribution in [3.05, 3.63) is 29.8 Å². The largest absolute Gasteiger partial charge is 0.466 e. The van der Waals surface area contributed by atoms with E-state index < -0.39 is 0 Å². The third-order valence-corrected chi connectivity index (χ3v) is 6.10. The second-order valence-corrected chi connectivity index (χ2v) is 7.84. The van der Waals surface area contributed by atoms with Crippen LogP contribution < -0.4 is 4.90 Å². The average Bonchev–Trinajstić information content (AvgIpc) is 2.73. The molecule has 1 atom stereocenters. The van der Waals surface area contributed by atoms with Gasteiger partial charge in [0, 0.05) is 45.0 Å². The summed E-state index contributed by atoms with van der Waals surface area (Å²) in [6, 6.07) is 8.36. The standard InChI is InChI=1S/C22H33N3O3/c1-4-28-22(27)19-9-11-25(12-10-19)21(26)18(3)23-13-15-24(16-14-23)20-8-6-5-7-17(20)2/h5-8,18-19H,4,9-16H2,1-3H3/t18-/m1/s1. The molecule has 0 bridgehead atoms. The van der Waals surface area contributed by atoms with Crippen molar-refractivity contribution >= 4 is 17.6 Å². The maximum Gasteiger partial charge on any atom is 0.309 e. The first-order valence-electron chi connectivity index (χ1n) is 10.5. The molecule has 28 heavy (non-hydrogen) atoms. The van der Waals surface area contributed by atoms with Crippen molar-refractivity contribution in [1.82, 2.24) is 9.80 Å². The number of carbonyl (C=O) groups excluding carboxylic acids is 2. The van der Waals surface area contributed by atoms with Gasteiger partial charge in [-0.3, -0.25) is 14.5 Å². The van der Waals surface area contributed by atoms with Crippen molar-refractivity contribution in [2.75, 3.05) is 50.8 Å². The summed E-state index contributed by atoms with van der Waals surface area (Å²) in [7, 11) is 0. The van der Waals surface area contributed by atoms with Crippen LogP contribution in [-0.2, 0) is 14.3 Å². The van der Waals surface area contributed by atoms with Crippen LogP contribution in [0.3, 0.4) is 0 Å². The molecule has 0 aliphatic carbocycles. The number of aryl methyl sites for hydroxylation is 1. The van der Waals surface area contributed by atoms with Gasteiger partial charge in [0.25, 0.3) is 0 Å². The van der Waals surface area contributed by atoms with E-state index in [-0.39, 0.29) is 23.8 Å². The number of para-hydroxylation sites is 1. The van der Waals surface area contributed by atoms with Gasteiger partial charge < -0.3 is 14.5 Å². The lowest BCUT2D eigenvalue weighted by atomic mass is 9.96. The van der Waals surface area contributed by atoms with Crippen molar-refractivity contribution in [1.29, 1.82) is 0 Å². The number of hydrogen-bond donors (Lipinski definition) is 0. The Kier molecular flexibility index (Phi) is 6.94. The van der Waals surface area contributed by atoms with Gasteiger partial charge in [0.1, 0.15) is 0 Å². The molecule has 2 heterocycles. The fourth-order valence-corrected chi connectivity index (χ4v) is 4.28. The maximum atomic E-state index is 13.0. The second-order valence-electron chi connectivity index (χ2n) is 7.84. The number of rotatable bonds is 5. The molecule has 1 aromatic rings. The summed E-state index contributed by atoms with van der Waals surface area (Å²) in [5, 5.41) is 0. The van der Waals surface area contributed by atoms with Crippen LogP contribution >= 0.6 is 0 Å². The Morgan fingerprint density at radius 1 is 1.07 bits per heavy atom. The van der Waals surface area contributed by atoms with E-state index in [9.17, 15) is 9.59 Å². The Bertz CT molecular complexity index is 677. The van der Waals surface area contributed by atoms with Gasteiger partial charge in [-0.05, 0) is 45.2 Å². The van der Waals surface area contributed by atoms with Gasteiger partial charge in [-0.2, -0.15) is 0 Å². The highest BCUT2D eigenvalue weighted by molar-refractivity contribution is 5.82. The zero-order valence-electron chi connectivity index (χ0n) is 17.4. The molecule has 0 unspecified atom stereocenters. The van der Waals surface area contributed by atoms with Crippen molar-refractivity contribution < 1.29 is 14.3 Å². The first-order chi connectivity index (χ1) is 13.5. The number of amides is 1. The molecule has 2 fully saturated rings. The van der Waals surface area contributed by atoms with Crippen LogP contribution in [0.15, 0.2) is 24.3 Å². The number of carbonyl (C=O) groups is 2. The SMILES string of the molecule is CCOC(=O)C1CCN(C(=O)[C@@H](C)N2CCN(c3ccccc3C)CC2)CC1. The van der Waals surface area contributed by atoms with Gasteiger partial charge >= 0.3 is 5.97 Å². The van der Waals surface area contributed by atoms with Gasteiger partial charge in [0.05, 0.1) is 18.6 Å². The molecule has 0 aromatic heterocycles. The summed E-state index contributed by atoms with van der Waals surface area (Å²) >= 11 is 0. The van der Waals surface area contributed by atoms with E-state index in [1.54, 1.807) is 0 Å². The zero-order valence-corrected chi connectivity index (χ0v) is 17.4. The molecule has 1 amide bonds. The Morgan fingerprint density at radius 3 is 2.32 bits per heavy atom. The first kappa shape index (κ1) is 20.6. The number of piperazine rings is 1. The highest BCUT2D eigenvalue weighted by atomic mass is 16.5. The van der Waals surface area contributed by atoms with Crippen LogP contribution in [0.5, 0.6) is 0 Å². The topological polar surface area (TPSA) is 53.1 Å². The van der Waals surface area contributed by atoms with E-state index in [0.29, 0.717) is 32.5 Å². The predicted octanol–water partition coefficient (Wildman–Crippen LogP) is 2.31. The van der Waals surface area contributed by atoms with Gasteiger partial charge in [-0.1, -0.05) is 18.2 Å². The first-order valence-corrected chi connectivity index (χ1v) is 10.5. The van der Waals surface area contributed by atoms with Crippen molar-refractivity contribution in [2.24, 2.45) is 5.92 Å². The van der Waals surface area contributed by atoms with E-state index in [2.05, 4.69) is 41.0 Å². The number of esters is 1. The zero-order chi connectivity index (χ0) is 20.1. The number of nitrogens with zero attached hydrogens (tertiary/aromatic N) is 3. The minimum atomic E-state index is -0.116. The molecule has 0 N–H and O–H groups in total. The van der Waals surface area contributed by atoms with Crippen molar-refractivity contribution in [2.45, 2.75) is 39.7 Å². The molecule has 2 aliphatic heterocycles. The summed E-state index contributed by atoms with van der Waals surface area (Å²) in [6.07, 6.45) is 1.41. The lowest BCUT2D eigenvalue weighted by Gasteiger charge is -2.41. The summed E-state index contributed by atoms with van der Waals surface area (Å²) in [4.78, 5) is 31.5. The highest BCUT2D eigenvalue weighted by Crippen LogP contribution is 2.23. The Morgan fingerprint density at radius 2 is 1.71 bits per heavy atom. The molecule has 6 heteroatoms. The van der Waals surface area contributed by atoms with Crippen LogP contribution in [0, 0.1) is 12.8 Å². The number of anilines is 1. The van der Waals surface area contributed by atoms with Gasteiger partial charge in [0.2, 0.25) is 5.91 Å². The molecule has 1 aromatic carbocycles. The van der Waals surface area contributed by atoms with Crippen molar-refractivity contribution in [3.63, 3.8) is 0 Å². The molecule has 154 valence electrons. The summed E-state index contributed by atoms with van der Waals surface area (Å²) in [5.74, 6) is 0.0126. The van der Waals surface area contributed by atoms with E-state index in [4.69, 9.17) is 4.74 Å². The smallest absolute Gasteiger partial charge is 0.309 e. The average molecular weight is 388 g/mol. The minimum absolute atomic E-state index is 0.0584. The maximum absolute atomic E-state index is 13.0. The van der Waals surface area contributed by atoms with Crippen LogP contribution in [0.25, 0.3) is 0 Å². The molecular formula is C22H33N3O3. The van der Waals surface area contributed by atoms with Gasteiger partial charge in [-0.15, -0.1) is 0 Å². The van der Waals surface area contributed by atoms with E-state index in [0.717, 1.165) is 26.2 Å². The molecule has 3 rings (SSSR count). The molecular weight excluding hydrogens is 354 g/mol. The quantitative estimate of drug-likeness (QED) is 0.726. The van der Waals surface area contributed by atoms with E-state index in [1.807, 2.05) is 18.7 Å². The monoisotopic (exact) mass is 387 g/mol. The fraction of sp³-hybridized carbons (Fsp3) is 0.636. The normalized spacial score (nSPS) is 20.1. The third-order valence-electron chi connectivity index (χ3n) is 6.10. The number of benzene rings is 1. The van der Waals surface area contributed by atoms with Crippen molar-refractivity contribution in [3.8, 4) is 0 Å². The van der Waals surface area contributed by atoms with Gasteiger partial charge in [-0.25, -0.2) is 0 Å².